The normalized spacial score (nSPS) is 12.1. The third-order valence-electron chi connectivity index (χ3n) is 1.03. The molecule has 0 aliphatic carbocycles. The first-order valence-electron chi connectivity index (χ1n) is 3.07. The highest BCUT2D eigenvalue weighted by Crippen LogP contribution is 1.95. The first kappa shape index (κ1) is 7.70. The van der Waals surface area contributed by atoms with E-state index in [2.05, 4.69) is 13.0 Å². The van der Waals surface area contributed by atoms with Gasteiger partial charge >= 0.3 is 0 Å². The van der Waals surface area contributed by atoms with Crippen molar-refractivity contribution in [1.82, 2.24) is 0 Å². The van der Waals surface area contributed by atoms with Gasteiger partial charge in [0.25, 0.3) is 0 Å². The van der Waals surface area contributed by atoms with Crippen LogP contribution in [0.4, 0.5) is 0 Å². The highest BCUT2D eigenvalue weighted by Gasteiger charge is 1.80. The van der Waals surface area contributed by atoms with Gasteiger partial charge in [-0.05, 0) is 13.3 Å². The lowest BCUT2D eigenvalue weighted by atomic mass is 10.2. The number of hydrogen-bond donors (Lipinski definition) is 1. The van der Waals surface area contributed by atoms with Gasteiger partial charge in [-0.25, -0.2) is 0 Å². The van der Waals surface area contributed by atoms with Gasteiger partial charge in [0.15, 0.2) is 0 Å². The Labute approximate surface area is 51.0 Å². The molecule has 1 N–H and O–H groups in total. The van der Waals surface area contributed by atoms with E-state index in [9.17, 15) is 0 Å². The fourth-order valence-electron chi connectivity index (χ4n) is 0.455. The molecule has 0 aromatic rings. The van der Waals surface area contributed by atoms with Crippen molar-refractivity contribution in [3.63, 3.8) is 0 Å². The maximum Gasteiger partial charge on any atom is 0.0639 e. The van der Waals surface area contributed by atoms with Crippen LogP contribution in [-0.2, 0) is 0 Å². The van der Waals surface area contributed by atoms with Crippen LogP contribution in [0.1, 0.15) is 26.7 Å². The van der Waals surface area contributed by atoms with Crippen molar-refractivity contribution < 1.29 is 5.11 Å². The van der Waals surface area contributed by atoms with Crippen molar-refractivity contribution in [2.24, 2.45) is 0 Å². The third-order valence-corrected chi connectivity index (χ3v) is 1.03. The van der Waals surface area contributed by atoms with E-state index in [1.165, 1.54) is 0 Å². The largest absolute Gasteiger partial charge is 0.392 e. The fourth-order valence-corrected chi connectivity index (χ4v) is 0.455. The second-order valence-corrected chi connectivity index (χ2v) is 2.00. The molecule has 8 heavy (non-hydrogen) atoms. The zero-order valence-electron chi connectivity index (χ0n) is 5.65. The van der Waals surface area contributed by atoms with Crippen LogP contribution in [0.2, 0.25) is 0 Å². The van der Waals surface area contributed by atoms with Gasteiger partial charge in [0.05, 0.1) is 6.61 Å². The minimum Gasteiger partial charge on any atom is -0.392 e. The summed E-state index contributed by atoms with van der Waals surface area (Å²) in [6.07, 6.45) is 4.32. The lowest BCUT2D eigenvalue weighted by Gasteiger charge is -1.90. The monoisotopic (exact) mass is 114 g/mol. The van der Waals surface area contributed by atoms with E-state index in [1.54, 1.807) is 0 Å². The van der Waals surface area contributed by atoms with Crippen molar-refractivity contribution in [2.75, 3.05) is 6.61 Å². The van der Waals surface area contributed by atoms with Gasteiger partial charge in [0, 0.05) is 0 Å². The van der Waals surface area contributed by atoms with E-state index in [0.29, 0.717) is 0 Å². The Balaban J connectivity index is 3.26. The molecule has 0 spiro atoms. The molecule has 0 saturated carbocycles. The van der Waals surface area contributed by atoms with E-state index in [0.717, 1.165) is 18.4 Å². The fraction of sp³-hybridized carbons (Fsp3) is 0.714. The quantitative estimate of drug-likeness (QED) is 0.554. The van der Waals surface area contributed by atoms with Gasteiger partial charge in [-0.3, -0.25) is 0 Å². The molecular formula is C7H14O. The second-order valence-electron chi connectivity index (χ2n) is 2.00. The molecule has 0 aliphatic heterocycles. The van der Waals surface area contributed by atoms with Gasteiger partial charge in [0.2, 0.25) is 0 Å². The summed E-state index contributed by atoms with van der Waals surface area (Å²) < 4.78 is 0. The summed E-state index contributed by atoms with van der Waals surface area (Å²) >= 11 is 0. The van der Waals surface area contributed by atoms with Crippen molar-refractivity contribution in [3.8, 4) is 0 Å². The number of aliphatic hydroxyl groups is 1. The summed E-state index contributed by atoms with van der Waals surface area (Å²) in [5.74, 6) is 0. The number of rotatable bonds is 3. The predicted octanol–water partition coefficient (Wildman–Crippen LogP) is 1.73. The van der Waals surface area contributed by atoms with Crippen molar-refractivity contribution >= 4 is 0 Å². The van der Waals surface area contributed by atoms with E-state index in [1.807, 2.05) is 6.92 Å². The van der Waals surface area contributed by atoms with E-state index in [4.69, 9.17) is 5.11 Å². The summed E-state index contributed by atoms with van der Waals surface area (Å²) in [4.78, 5) is 0. The Morgan fingerprint density at radius 2 is 2.25 bits per heavy atom. The number of aliphatic hydroxyl groups excluding tert-OH is 1. The highest BCUT2D eigenvalue weighted by molar-refractivity contribution is 4.96. The van der Waals surface area contributed by atoms with Crippen LogP contribution in [0.5, 0.6) is 0 Å². The molecule has 0 aromatic heterocycles. The van der Waals surface area contributed by atoms with Crippen LogP contribution in [0.3, 0.4) is 0 Å². The second kappa shape index (κ2) is 4.85. The van der Waals surface area contributed by atoms with Gasteiger partial charge in [-0.1, -0.05) is 25.0 Å². The van der Waals surface area contributed by atoms with Crippen LogP contribution < -0.4 is 0 Å². The topological polar surface area (TPSA) is 20.2 Å². The Kier molecular flexibility index (Phi) is 4.67. The molecule has 0 atom stereocenters. The first-order chi connectivity index (χ1) is 3.81. The van der Waals surface area contributed by atoms with E-state index in [-0.39, 0.29) is 6.61 Å². The predicted molar refractivity (Wildman–Crippen MR) is 35.8 cm³/mol. The molecule has 1 nitrogen and oxygen atoms in total. The molecule has 0 aliphatic rings. The third kappa shape index (κ3) is 3.88. The molecular weight excluding hydrogens is 100 g/mol. The van der Waals surface area contributed by atoms with Crippen LogP contribution in [0, 0.1) is 0 Å². The standard InChI is InChI=1S/C7H14O/c1-3-4-5-7(2)6-8/h5,8H,3-4,6H2,1-2H3/b7-5+. The van der Waals surface area contributed by atoms with Crippen LogP contribution in [0.15, 0.2) is 11.6 Å². The lowest BCUT2D eigenvalue weighted by Crippen LogP contribution is -1.82. The number of allylic oxidation sites excluding steroid dienone is 1. The maximum absolute atomic E-state index is 8.49. The molecule has 0 radical (unpaired) electrons. The Hall–Kier alpha value is -0.300. The molecule has 0 aromatic carbocycles. The van der Waals surface area contributed by atoms with Crippen molar-refractivity contribution in [2.45, 2.75) is 26.7 Å². The molecule has 0 bridgehead atoms. The number of unbranched alkanes of at least 4 members (excludes halogenated alkanes) is 1. The smallest absolute Gasteiger partial charge is 0.0639 e. The highest BCUT2D eigenvalue weighted by atomic mass is 16.3. The van der Waals surface area contributed by atoms with Crippen molar-refractivity contribution in [1.29, 1.82) is 0 Å². The maximum atomic E-state index is 8.49. The molecule has 0 saturated heterocycles. The summed E-state index contributed by atoms with van der Waals surface area (Å²) in [6, 6.07) is 0. The van der Waals surface area contributed by atoms with Gasteiger partial charge in [-0.2, -0.15) is 0 Å². The molecule has 0 fully saturated rings. The average molecular weight is 114 g/mol. The Morgan fingerprint density at radius 3 is 2.62 bits per heavy atom. The van der Waals surface area contributed by atoms with Crippen LogP contribution in [-0.4, -0.2) is 11.7 Å². The molecule has 0 rings (SSSR count). The van der Waals surface area contributed by atoms with E-state index < -0.39 is 0 Å². The van der Waals surface area contributed by atoms with Gasteiger partial charge in [0.1, 0.15) is 0 Å². The lowest BCUT2D eigenvalue weighted by molar-refractivity contribution is 0.331. The van der Waals surface area contributed by atoms with Gasteiger partial charge < -0.3 is 5.11 Å². The summed E-state index contributed by atoms with van der Waals surface area (Å²) in [5, 5.41) is 8.49. The molecule has 48 valence electrons. The van der Waals surface area contributed by atoms with Crippen LogP contribution >= 0.6 is 0 Å². The molecule has 0 amide bonds. The molecule has 0 unspecified atom stereocenters. The van der Waals surface area contributed by atoms with Gasteiger partial charge in [-0.15, -0.1) is 0 Å². The SMILES string of the molecule is CCC/C=C(\C)CO. The minimum atomic E-state index is 0.208. The summed E-state index contributed by atoms with van der Waals surface area (Å²) in [5.41, 5.74) is 1.08. The zero-order chi connectivity index (χ0) is 6.41. The first-order valence-corrected chi connectivity index (χ1v) is 3.07. The average Bonchev–Trinajstić information content (AvgIpc) is 1.83. The van der Waals surface area contributed by atoms with E-state index >= 15 is 0 Å². The summed E-state index contributed by atoms with van der Waals surface area (Å²) in [7, 11) is 0. The van der Waals surface area contributed by atoms with Crippen molar-refractivity contribution in [3.05, 3.63) is 11.6 Å². The van der Waals surface area contributed by atoms with Crippen LogP contribution in [0.25, 0.3) is 0 Å². The Morgan fingerprint density at radius 1 is 1.62 bits per heavy atom. The molecule has 0 heterocycles. The number of hydrogen-bond acceptors (Lipinski definition) is 1. The summed E-state index contributed by atoms with van der Waals surface area (Å²) in [6.45, 7) is 4.27. The molecule has 1 heteroatoms. The minimum absolute atomic E-state index is 0.208. The zero-order valence-corrected chi connectivity index (χ0v) is 5.65. The Bertz CT molecular complexity index is 74.5.